The SMILES string of the molecule is CB(O)N1CCC(n2cnc3c(-n4c(C(F)F)nc5ccccc54)nc(Cl)nc32)C1.CB(O)N1CCC(n2cnc3c(-n4c(C(F)F)nc5ccccc54)nc(N4CCOCC4)nc32)C1.CB(O)N1CCC(n2cnc3c(Cl)nc(Cl)nc32)C1.CB=O.CN(C)C(=O)Cl.Clc1nc(Cl)c2[nH]cnc2n1.FC(F)c1nc2ccccc2n1-c1nc(N2CCOCC2)nc2c1ncn2C1CCNC1.OC1CCNC1. The number of para-hydroxylation sites is 6. The molecule has 7 aliphatic heterocycles. The van der Waals surface area contributed by atoms with Gasteiger partial charge in [0.2, 0.25) is 27.7 Å². The molecule has 0 radical (unpaired) electrons. The number of ether oxygens (including phenoxy) is 2. The summed E-state index contributed by atoms with van der Waals surface area (Å²) in [4.78, 5) is 101. The number of carbonyl (C=O) groups excluding carboxylic acids is 1. The number of aromatic amines is 1. The molecule has 142 heavy (non-hydrogen) atoms. The van der Waals surface area contributed by atoms with Crippen LogP contribution in [0, 0.1) is 0 Å². The van der Waals surface area contributed by atoms with E-state index in [1.165, 1.54) is 31.8 Å². The van der Waals surface area contributed by atoms with E-state index in [2.05, 4.69) is 85.4 Å². The van der Waals surface area contributed by atoms with E-state index >= 15 is 0 Å². The van der Waals surface area contributed by atoms with E-state index in [4.69, 9.17) is 109 Å². The first-order valence-electron chi connectivity index (χ1n) is 45.5. The second-order valence-corrected chi connectivity index (χ2v) is 35.9. The molecule has 5 unspecified atom stereocenters. The quantitative estimate of drug-likeness (QED) is 0.0125. The van der Waals surface area contributed by atoms with Gasteiger partial charge in [-0.2, -0.15) is 39.9 Å². The number of imidazole rings is 8. The van der Waals surface area contributed by atoms with Gasteiger partial charge in [-0.25, -0.2) is 76.2 Å². The van der Waals surface area contributed by atoms with Crippen LogP contribution < -0.4 is 20.4 Å². The molecule has 3 aromatic carbocycles. The number of morpholine rings is 2. The zero-order valence-corrected chi connectivity index (χ0v) is 81.9. The zero-order chi connectivity index (χ0) is 100. The maximum absolute atomic E-state index is 14.2. The van der Waals surface area contributed by atoms with E-state index in [0.29, 0.717) is 172 Å². The molecule has 58 heteroatoms. The number of aliphatic hydroxyl groups is 1. The van der Waals surface area contributed by atoms with Crippen molar-refractivity contribution in [3.05, 3.63) is 148 Å². The smallest absolute Gasteiger partial charge is 0.315 e. The fourth-order valence-corrected chi connectivity index (χ4v) is 18.4. The monoisotopic (exact) mass is 2080 g/mol. The molecule has 7 aliphatic rings. The number of benzene rings is 3. The Labute approximate surface area is 837 Å². The predicted octanol–water partition coefficient (Wildman–Crippen LogP) is 11.4. The Morgan fingerprint density at radius 3 is 1.17 bits per heavy atom. The molecule has 746 valence electrons. The number of aromatic nitrogens is 26. The Bertz CT molecular complexity index is 7070. The van der Waals surface area contributed by atoms with Crippen molar-refractivity contribution < 1.29 is 65.5 Å². The summed E-state index contributed by atoms with van der Waals surface area (Å²) in [6.07, 6.45) is 4.24. The first kappa shape index (κ1) is 104. The van der Waals surface area contributed by atoms with Crippen LogP contribution in [0.2, 0.25) is 53.4 Å². The standard InChI is InChI=1S/C22H25BF2N8O2.C21H22F2N8O.C18H17BClF2N7O.C10H12BCl2N5O.C5H2Cl2N4.C4H9NO.C3H6ClNO.CH3BO/c1-23(34)31-7-6-14(12-31)32-13-26-17-19(32)28-22(30-8-10-35-11-9-30)29-20(17)33-16-5-3-2-4-15(16)27-21(33)18(24)25;22-17(23)20-26-14-3-1-2-4-15(14)31(20)19-16-18(30(12-25-16)13-5-6-24-11-13)27-21(28-19)29-7-9-32-10-8-29;1-19(30)27-7-6-10(8-27)28-9-23-13-15(28)25-18(20)26-16(13)29-12-5-3-2-4-11(12)24-17(29)14(21)22;1-11(19)17-3-2-6(4-17)18-5-14-7-8(12)15-10(13)16-9(7)18;6-3-2-4(9-1-8-2)11-5(7)10-3;6-4-1-2-5-3-4;1-5(2)3(4)6;1-2-3/h2-5,13-14,18,34H,6-12H2,1H3;1-4,12-13,17,24H,5-11H2;2-5,9-10,14,30H,6-8H2,1H3;5-6,19H,2-4H2,1H3;1H,(H,8,9,10,11);4-6H,1-3H2;1-2H3;1H3. The van der Waals surface area contributed by atoms with Gasteiger partial charge in [-0.3, -0.25) is 18.5 Å². The van der Waals surface area contributed by atoms with Crippen LogP contribution in [0.1, 0.15) is 93.0 Å². The van der Waals surface area contributed by atoms with Crippen molar-refractivity contribution in [1.82, 2.24) is 157 Å². The molecule has 0 bridgehead atoms. The van der Waals surface area contributed by atoms with Gasteiger partial charge in [0.15, 0.2) is 90.0 Å². The van der Waals surface area contributed by atoms with Gasteiger partial charge >= 0.3 is 45.2 Å². The predicted molar refractivity (Wildman–Crippen MR) is 527 cm³/mol. The molecule has 7 fully saturated rings. The number of carbonyl (C=O) groups is 1. The largest absolute Gasteiger partial charge is 0.392 e. The first-order chi connectivity index (χ1) is 68.4. The summed E-state index contributed by atoms with van der Waals surface area (Å²) in [7, 11) is 2.39. The van der Waals surface area contributed by atoms with Gasteiger partial charge in [0, 0.05) is 91.1 Å². The molecule has 0 saturated carbocycles. The number of fused-ring (bicyclic) bond motifs is 8. The Morgan fingerprint density at radius 1 is 0.458 bits per heavy atom. The summed E-state index contributed by atoms with van der Waals surface area (Å²) in [5, 5.41) is 44.8. The normalized spacial score (nSPS) is 18.3. The van der Waals surface area contributed by atoms with Gasteiger partial charge < -0.3 is 92.7 Å². The Hall–Kier alpha value is -11.2. The molecule has 7 saturated heterocycles. The number of hydrogen-bond donors (Lipinski definition) is 7. The van der Waals surface area contributed by atoms with E-state index in [1.807, 2.05) is 42.5 Å². The van der Waals surface area contributed by atoms with Crippen LogP contribution in [0.4, 0.5) is 43.0 Å². The van der Waals surface area contributed by atoms with E-state index in [1.54, 1.807) is 133 Å². The fourth-order valence-electron chi connectivity index (χ4n) is 17.4. The minimum Gasteiger partial charge on any atom is -0.392 e. The molecule has 42 nitrogen and oxygen atoms in total. The average molecular weight is 2080 g/mol. The number of hydrogen-bond acceptors (Lipinski definition) is 33. The summed E-state index contributed by atoms with van der Waals surface area (Å²) in [6.45, 7) is 19.2. The average Bonchev–Trinajstić information content (AvgIpc) is 1.61. The molecular formula is C84H96B4Cl6F6N34O8. The summed E-state index contributed by atoms with van der Waals surface area (Å²) < 4.78 is 116. The molecule has 5 atom stereocenters. The van der Waals surface area contributed by atoms with Crippen LogP contribution in [-0.2, 0) is 14.2 Å². The van der Waals surface area contributed by atoms with Crippen molar-refractivity contribution in [2.45, 2.75) is 109 Å². The van der Waals surface area contributed by atoms with Crippen LogP contribution in [0.5, 0.6) is 0 Å². The van der Waals surface area contributed by atoms with Gasteiger partial charge in [-0.15, -0.1) is 0 Å². The molecule has 23 rings (SSSR count). The maximum atomic E-state index is 14.2. The third-order valence-electron chi connectivity index (χ3n) is 24.5. The van der Waals surface area contributed by atoms with Crippen LogP contribution in [-0.4, -0.2) is 338 Å². The number of alkyl halides is 6. The Balaban J connectivity index is 0.000000127. The van der Waals surface area contributed by atoms with E-state index in [-0.39, 0.29) is 79.7 Å². The minimum absolute atomic E-state index is 0.0255. The molecule has 16 aromatic rings. The van der Waals surface area contributed by atoms with Gasteiger partial charge in [-0.1, -0.05) is 59.6 Å². The molecule has 0 aliphatic carbocycles. The van der Waals surface area contributed by atoms with Crippen molar-refractivity contribution in [3.8, 4) is 17.5 Å². The second kappa shape index (κ2) is 46.7. The third-order valence-corrected chi connectivity index (χ3v) is 25.8. The van der Waals surface area contributed by atoms with Crippen LogP contribution in [0.3, 0.4) is 0 Å². The van der Waals surface area contributed by atoms with Crippen LogP contribution in [0.15, 0.2) is 104 Å². The second-order valence-electron chi connectivity index (χ2n) is 33.8. The number of nitrogens with zero attached hydrogens (tertiary/aromatic N) is 31. The number of amides is 1. The van der Waals surface area contributed by atoms with E-state index < -0.39 is 51.6 Å². The number of aliphatic hydroxyl groups excluding tert-OH is 1. The summed E-state index contributed by atoms with van der Waals surface area (Å²) in [5.74, 6) is 0.546. The van der Waals surface area contributed by atoms with Crippen molar-refractivity contribution >= 4 is 204 Å². The molecule has 0 spiro atoms. The fraction of sp³-hybridized carbons (Fsp3) is 0.440. The minimum atomic E-state index is -2.81. The number of anilines is 2. The Morgan fingerprint density at radius 2 is 0.810 bits per heavy atom. The molecule has 20 heterocycles. The van der Waals surface area contributed by atoms with Crippen molar-refractivity contribution in [2.24, 2.45) is 0 Å². The first-order valence-corrected chi connectivity index (χ1v) is 47.7. The van der Waals surface area contributed by atoms with Crippen molar-refractivity contribution in [3.63, 3.8) is 0 Å². The summed E-state index contributed by atoms with van der Waals surface area (Å²) >= 11 is 34.2. The maximum Gasteiger partial charge on any atom is 0.315 e. The summed E-state index contributed by atoms with van der Waals surface area (Å²) in [6, 6.07) is 21.4. The van der Waals surface area contributed by atoms with Crippen LogP contribution >= 0.6 is 69.6 Å². The van der Waals surface area contributed by atoms with E-state index in [9.17, 15) is 46.2 Å². The van der Waals surface area contributed by atoms with Gasteiger partial charge in [0.05, 0.1) is 103 Å². The van der Waals surface area contributed by atoms with Crippen molar-refractivity contribution in [1.29, 1.82) is 0 Å². The van der Waals surface area contributed by atoms with Gasteiger partial charge in [0.25, 0.3) is 19.3 Å². The van der Waals surface area contributed by atoms with Crippen LogP contribution in [0.25, 0.3) is 106 Å². The van der Waals surface area contributed by atoms with Gasteiger partial charge in [0.1, 0.15) is 11.0 Å². The number of H-pyrrole nitrogens is 1. The van der Waals surface area contributed by atoms with Gasteiger partial charge in [-0.05, 0) is 168 Å². The van der Waals surface area contributed by atoms with E-state index in [0.717, 1.165) is 91.6 Å². The number of nitrogens with one attached hydrogen (secondary N) is 3. The molecular weight excluding hydrogens is 1980 g/mol. The topological polar surface area (TPSA) is 459 Å². The number of β-amino-alcohol motifs (C(OH)–C–C–N with tert-alkyl or cyclic N) is 1. The molecule has 7 N–H and O–H groups in total. The molecule has 13 aromatic heterocycles. The summed E-state index contributed by atoms with van der Waals surface area (Å²) in [5.41, 5.74) is 8.21. The number of rotatable bonds is 15. The number of halogens is 12. The Kier molecular flexibility index (Phi) is 34.1. The third kappa shape index (κ3) is 23.3. The molecule has 1 amide bonds. The van der Waals surface area contributed by atoms with Crippen molar-refractivity contribution in [2.75, 3.05) is 142 Å². The zero-order valence-electron chi connectivity index (χ0n) is 77.3.